The van der Waals surface area contributed by atoms with Crippen molar-refractivity contribution in [2.24, 2.45) is 0 Å². The van der Waals surface area contributed by atoms with Crippen molar-refractivity contribution in [3.8, 4) is 5.75 Å². The Hall–Kier alpha value is -3.06. The zero-order valence-corrected chi connectivity index (χ0v) is 15.0. The number of carbonyl (C=O) groups is 2. The summed E-state index contributed by atoms with van der Waals surface area (Å²) >= 11 is 1.22. The Labute approximate surface area is 155 Å². The fourth-order valence-corrected chi connectivity index (χ4v) is 3.10. The van der Waals surface area contributed by atoms with Gasteiger partial charge in [0.1, 0.15) is 12.4 Å². The van der Waals surface area contributed by atoms with Crippen LogP contribution in [0, 0.1) is 0 Å². The van der Waals surface area contributed by atoms with Crippen molar-refractivity contribution < 1.29 is 18.7 Å². The molecule has 0 saturated carbocycles. The van der Waals surface area contributed by atoms with Gasteiger partial charge >= 0.3 is 0 Å². The predicted octanol–water partition coefficient (Wildman–Crippen LogP) is 3.74. The van der Waals surface area contributed by atoms with E-state index in [4.69, 9.17) is 9.15 Å². The number of hydrogen-bond donors (Lipinski definition) is 1. The first-order chi connectivity index (χ1) is 12.6. The van der Waals surface area contributed by atoms with E-state index in [0.717, 1.165) is 5.75 Å². The molecule has 7 heteroatoms. The first-order valence-electron chi connectivity index (χ1n) is 8.01. The van der Waals surface area contributed by atoms with Crippen molar-refractivity contribution in [1.29, 1.82) is 0 Å². The lowest BCUT2D eigenvalue weighted by molar-refractivity contribution is 0.0778. The normalized spacial score (nSPS) is 10.3. The third kappa shape index (κ3) is 4.52. The van der Waals surface area contributed by atoms with Gasteiger partial charge in [0, 0.05) is 7.05 Å². The number of furan rings is 1. The molecule has 0 aliphatic carbocycles. The standard InChI is InChI=1S/C19H18N2O4S/c1-21(11-13-24-14-6-3-2-4-7-14)19(23)16-9-10-17(26-16)20-18(22)15-8-5-12-25-15/h2-10,12H,11,13H2,1H3,(H,20,22). The SMILES string of the molecule is CN(CCOc1ccccc1)C(=O)c1ccc(NC(=O)c2ccco2)s1. The number of amides is 2. The van der Waals surface area contributed by atoms with Gasteiger partial charge in [-0.1, -0.05) is 18.2 Å². The van der Waals surface area contributed by atoms with Gasteiger partial charge in [0.25, 0.3) is 11.8 Å². The van der Waals surface area contributed by atoms with E-state index in [2.05, 4.69) is 5.32 Å². The van der Waals surface area contributed by atoms with Crippen molar-refractivity contribution in [3.63, 3.8) is 0 Å². The van der Waals surface area contributed by atoms with Gasteiger partial charge in [-0.3, -0.25) is 9.59 Å². The van der Waals surface area contributed by atoms with Crippen LogP contribution in [-0.4, -0.2) is 36.9 Å². The molecule has 26 heavy (non-hydrogen) atoms. The van der Waals surface area contributed by atoms with Crippen LogP contribution in [0.5, 0.6) is 5.75 Å². The molecule has 134 valence electrons. The Morgan fingerprint density at radius 3 is 2.65 bits per heavy atom. The van der Waals surface area contributed by atoms with Crippen LogP contribution >= 0.6 is 11.3 Å². The number of rotatable bonds is 7. The summed E-state index contributed by atoms with van der Waals surface area (Å²) in [6.07, 6.45) is 1.44. The quantitative estimate of drug-likeness (QED) is 0.688. The zero-order chi connectivity index (χ0) is 18.4. The minimum Gasteiger partial charge on any atom is -0.492 e. The lowest BCUT2D eigenvalue weighted by Crippen LogP contribution is -2.30. The molecule has 0 fully saturated rings. The summed E-state index contributed by atoms with van der Waals surface area (Å²) in [7, 11) is 1.72. The Morgan fingerprint density at radius 2 is 1.92 bits per heavy atom. The average molecular weight is 370 g/mol. The zero-order valence-electron chi connectivity index (χ0n) is 14.2. The van der Waals surface area contributed by atoms with Gasteiger partial charge in [-0.2, -0.15) is 0 Å². The second kappa shape index (κ2) is 8.35. The maximum Gasteiger partial charge on any atom is 0.291 e. The highest BCUT2D eigenvalue weighted by Gasteiger charge is 2.16. The Balaban J connectivity index is 1.51. The first-order valence-corrected chi connectivity index (χ1v) is 8.83. The topological polar surface area (TPSA) is 71.8 Å². The van der Waals surface area contributed by atoms with E-state index in [0.29, 0.717) is 23.0 Å². The molecule has 0 aliphatic rings. The van der Waals surface area contributed by atoms with Gasteiger partial charge in [-0.25, -0.2) is 0 Å². The van der Waals surface area contributed by atoms with Crippen LogP contribution in [0.3, 0.4) is 0 Å². The molecule has 0 unspecified atom stereocenters. The molecule has 3 rings (SSSR count). The molecule has 2 aromatic heterocycles. The minimum absolute atomic E-state index is 0.120. The number of ether oxygens (including phenoxy) is 1. The molecule has 2 heterocycles. The number of benzene rings is 1. The lowest BCUT2D eigenvalue weighted by atomic mass is 10.3. The second-order valence-corrected chi connectivity index (χ2v) is 6.57. The largest absolute Gasteiger partial charge is 0.492 e. The van der Waals surface area contributed by atoms with Gasteiger partial charge in [0.15, 0.2) is 5.76 Å². The molecular weight excluding hydrogens is 352 g/mol. The number of nitrogens with zero attached hydrogens (tertiary/aromatic N) is 1. The van der Waals surface area contributed by atoms with Crippen LogP contribution in [0.4, 0.5) is 5.00 Å². The molecule has 0 saturated heterocycles. The van der Waals surface area contributed by atoms with Crippen molar-refractivity contribution in [2.45, 2.75) is 0 Å². The highest BCUT2D eigenvalue weighted by atomic mass is 32.1. The van der Waals surface area contributed by atoms with E-state index in [1.165, 1.54) is 17.6 Å². The number of likely N-dealkylation sites (N-methyl/N-ethyl adjacent to an activating group) is 1. The van der Waals surface area contributed by atoms with Gasteiger partial charge in [-0.15, -0.1) is 11.3 Å². The van der Waals surface area contributed by atoms with Crippen molar-refractivity contribution in [1.82, 2.24) is 4.90 Å². The summed E-state index contributed by atoms with van der Waals surface area (Å²) in [5.74, 6) is 0.527. The van der Waals surface area contributed by atoms with Crippen LogP contribution in [0.2, 0.25) is 0 Å². The monoisotopic (exact) mass is 370 g/mol. The summed E-state index contributed by atoms with van der Waals surface area (Å²) in [5, 5.41) is 3.30. The van der Waals surface area contributed by atoms with Crippen LogP contribution in [0.1, 0.15) is 20.2 Å². The molecule has 1 aromatic carbocycles. The van der Waals surface area contributed by atoms with Gasteiger partial charge < -0.3 is 19.4 Å². The summed E-state index contributed by atoms with van der Waals surface area (Å²) < 4.78 is 10.6. The Morgan fingerprint density at radius 1 is 1.12 bits per heavy atom. The van der Waals surface area contributed by atoms with Crippen molar-refractivity contribution >= 4 is 28.2 Å². The Kier molecular flexibility index (Phi) is 5.70. The second-order valence-electron chi connectivity index (χ2n) is 5.48. The summed E-state index contributed by atoms with van der Waals surface area (Å²) in [6.45, 7) is 0.861. The number of anilines is 1. The van der Waals surface area contributed by atoms with E-state index in [1.807, 2.05) is 30.3 Å². The van der Waals surface area contributed by atoms with Crippen LogP contribution < -0.4 is 10.1 Å². The minimum atomic E-state index is -0.347. The fraction of sp³-hybridized carbons (Fsp3) is 0.158. The van der Waals surface area contributed by atoms with E-state index < -0.39 is 0 Å². The molecule has 1 N–H and O–H groups in total. The molecule has 0 aliphatic heterocycles. The third-order valence-corrected chi connectivity index (χ3v) is 4.57. The number of carbonyl (C=O) groups excluding carboxylic acids is 2. The Bertz CT molecular complexity index is 859. The summed E-state index contributed by atoms with van der Waals surface area (Å²) in [5.41, 5.74) is 0. The molecule has 0 atom stereocenters. The molecule has 0 bridgehead atoms. The van der Waals surface area contributed by atoms with Crippen LogP contribution in [0.15, 0.2) is 65.3 Å². The number of hydrogen-bond acceptors (Lipinski definition) is 5. The molecule has 0 spiro atoms. The van der Waals surface area contributed by atoms with Crippen molar-refractivity contribution in [2.75, 3.05) is 25.5 Å². The van der Waals surface area contributed by atoms with Gasteiger partial charge in [-0.05, 0) is 36.4 Å². The van der Waals surface area contributed by atoms with Gasteiger partial charge in [0.2, 0.25) is 0 Å². The third-order valence-electron chi connectivity index (χ3n) is 3.58. The highest BCUT2D eigenvalue weighted by molar-refractivity contribution is 7.18. The number of nitrogens with one attached hydrogen (secondary N) is 1. The first kappa shape index (κ1) is 17.8. The summed E-state index contributed by atoms with van der Waals surface area (Å²) in [6, 6.07) is 16.1. The lowest BCUT2D eigenvalue weighted by Gasteiger charge is -2.16. The van der Waals surface area contributed by atoms with E-state index in [-0.39, 0.29) is 17.6 Å². The molecule has 2 amide bonds. The van der Waals surface area contributed by atoms with Crippen molar-refractivity contribution in [3.05, 3.63) is 71.5 Å². The number of para-hydroxylation sites is 1. The number of thiophene rings is 1. The van der Waals surface area contributed by atoms with E-state index >= 15 is 0 Å². The average Bonchev–Trinajstić information content (AvgIpc) is 3.34. The fourth-order valence-electron chi connectivity index (χ4n) is 2.21. The molecular formula is C19H18N2O4S. The van der Waals surface area contributed by atoms with E-state index in [1.54, 1.807) is 36.2 Å². The van der Waals surface area contributed by atoms with E-state index in [9.17, 15) is 9.59 Å². The maximum atomic E-state index is 12.5. The molecule has 3 aromatic rings. The highest BCUT2D eigenvalue weighted by Crippen LogP contribution is 2.23. The van der Waals surface area contributed by atoms with Gasteiger partial charge in [0.05, 0.1) is 22.7 Å². The maximum absolute atomic E-state index is 12.5. The van der Waals surface area contributed by atoms with Crippen LogP contribution in [-0.2, 0) is 0 Å². The summed E-state index contributed by atoms with van der Waals surface area (Å²) in [4.78, 5) is 26.6. The molecule has 6 nitrogen and oxygen atoms in total. The smallest absolute Gasteiger partial charge is 0.291 e. The molecule has 0 radical (unpaired) electrons. The predicted molar refractivity (Wildman–Crippen MR) is 99.9 cm³/mol. The van der Waals surface area contributed by atoms with Crippen LogP contribution in [0.25, 0.3) is 0 Å².